The first kappa shape index (κ1) is 27.4. The lowest BCUT2D eigenvalue weighted by Gasteiger charge is -2.18. The summed E-state index contributed by atoms with van der Waals surface area (Å²) in [6.07, 6.45) is 6.18. The second-order valence-corrected chi connectivity index (χ2v) is 11.3. The topological polar surface area (TPSA) is 17.3 Å². The standard InChI is InChI=1S/C42H34N2/c1-6-17-27(3)36-26-37-41(40(32-22-15-10-16-23-32)39(36)31-20-13-9-14-21-31)43-42-35-25-24-34(30-18-11-8-12-19-30)33(7-2)38(35)28(4)29(5)44(37)42/h6-26H,1,5H2,2-4H3. The Labute approximate surface area is 258 Å². The molecule has 2 aromatic heterocycles. The van der Waals surface area contributed by atoms with E-state index in [0.717, 1.165) is 60.8 Å². The summed E-state index contributed by atoms with van der Waals surface area (Å²) >= 11 is 0. The molecule has 0 saturated heterocycles. The van der Waals surface area contributed by atoms with Gasteiger partial charge in [-0.1, -0.05) is 128 Å². The van der Waals surface area contributed by atoms with E-state index < -0.39 is 0 Å². The van der Waals surface area contributed by atoms with Crippen molar-refractivity contribution in [1.82, 2.24) is 9.38 Å². The number of hydrogen-bond acceptors (Lipinski definition) is 1. The Bertz CT molecular complexity index is 2360. The molecule has 0 atom stereocenters. The summed E-state index contributed by atoms with van der Waals surface area (Å²) in [6.45, 7) is 15.2. The third-order valence-corrected chi connectivity index (χ3v) is 8.81. The van der Waals surface area contributed by atoms with Gasteiger partial charge in [-0.05, 0) is 88.0 Å². The van der Waals surface area contributed by atoms with E-state index in [1.165, 1.54) is 27.3 Å². The van der Waals surface area contributed by atoms with Crippen molar-refractivity contribution in [3.05, 3.63) is 150 Å². The minimum absolute atomic E-state index is 0.923. The molecule has 5 aromatic carbocycles. The van der Waals surface area contributed by atoms with Crippen molar-refractivity contribution < 1.29 is 0 Å². The molecular formula is C42H34N2. The lowest BCUT2D eigenvalue weighted by atomic mass is 9.86. The normalized spacial score (nSPS) is 12.4. The van der Waals surface area contributed by atoms with Gasteiger partial charge in [0.05, 0.1) is 11.0 Å². The van der Waals surface area contributed by atoms with E-state index in [9.17, 15) is 0 Å². The molecule has 0 aliphatic rings. The van der Waals surface area contributed by atoms with Crippen molar-refractivity contribution in [3.8, 4) is 33.4 Å². The van der Waals surface area contributed by atoms with Gasteiger partial charge in [0.25, 0.3) is 0 Å². The second kappa shape index (κ2) is 11.0. The lowest BCUT2D eigenvalue weighted by Crippen LogP contribution is -2.20. The van der Waals surface area contributed by atoms with Gasteiger partial charge in [-0.15, -0.1) is 0 Å². The maximum Gasteiger partial charge on any atom is 0.146 e. The van der Waals surface area contributed by atoms with Crippen LogP contribution < -0.4 is 10.6 Å². The average molecular weight is 567 g/mol. The van der Waals surface area contributed by atoms with E-state index in [0.29, 0.717) is 0 Å². The highest BCUT2D eigenvalue weighted by Gasteiger charge is 2.23. The summed E-state index contributed by atoms with van der Waals surface area (Å²) < 4.78 is 2.26. The Morgan fingerprint density at radius 3 is 1.95 bits per heavy atom. The predicted octanol–water partition coefficient (Wildman–Crippen LogP) is 9.75. The fourth-order valence-corrected chi connectivity index (χ4v) is 6.73. The molecule has 2 heterocycles. The predicted molar refractivity (Wildman–Crippen MR) is 190 cm³/mol. The van der Waals surface area contributed by atoms with Gasteiger partial charge in [0, 0.05) is 16.3 Å². The van der Waals surface area contributed by atoms with Gasteiger partial charge < -0.3 is 0 Å². The molecule has 7 aromatic rings. The first-order chi connectivity index (χ1) is 21.5. The Balaban J connectivity index is 1.71. The fraction of sp³-hybridized carbons (Fsp3) is 0.0714. The van der Waals surface area contributed by atoms with E-state index in [4.69, 9.17) is 4.98 Å². The molecule has 0 unspecified atom stereocenters. The van der Waals surface area contributed by atoms with Crippen LogP contribution in [0.4, 0.5) is 0 Å². The van der Waals surface area contributed by atoms with Crippen LogP contribution in [0.15, 0.2) is 128 Å². The number of allylic oxidation sites excluding steroid dienone is 3. The zero-order valence-electron chi connectivity index (χ0n) is 25.4. The summed E-state index contributed by atoms with van der Waals surface area (Å²) in [4.78, 5) is 5.50. The van der Waals surface area contributed by atoms with Gasteiger partial charge in [0.2, 0.25) is 0 Å². The van der Waals surface area contributed by atoms with Crippen molar-refractivity contribution in [2.75, 3.05) is 0 Å². The number of hydrogen-bond donors (Lipinski definition) is 0. The zero-order valence-corrected chi connectivity index (χ0v) is 25.4. The molecule has 0 spiro atoms. The average Bonchev–Trinajstić information content (AvgIpc) is 3.46. The van der Waals surface area contributed by atoms with Crippen LogP contribution in [0.25, 0.3) is 79.1 Å². The molecule has 2 heteroatoms. The third-order valence-electron chi connectivity index (χ3n) is 8.81. The van der Waals surface area contributed by atoms with Gasteiger partial charge >= 0.3 is 0 Å². The van der Waals surface area contributed by atoms with Gasteiger partial charge in [-0.3, -0.25) is 4.40 Å². The molecule has 0 aliphatic carbocycles. The highest BCUT2D eigenvalue weighted by Crippen LogP contribution is 2.43. The number of nitrogens with zero attached hydrogens (tertiary/aromatic N) is 2. The molecule has 0 aliphatic heterocycles. The van der Waals surface area contributed by atoms with E-state index in [-0.39, 0.29) is 0 Å². The van der Waals surface area contributed by atoms with Crippen LogP contribution in [0.3, 0.4) is 0 Å². The molecule has 0 N–H and O–H groups in total. The maximum absolute atomic E-state index is 5.50. The SMILES string of the molecule is C=CC=C(C)c1cc2c(nc3c4ccc(-c5ccccc5)c(=CC)c4c(C)c(=C)n23)c(-c2ccccc2)c1-c1ccccc1. The van der Waals surface area contributed by atoms with Gasteiger partial charge in [-0.2, -0.15) is 0 Å². The van der Waals surface area contributed by atoms with Crippen LogP contribution in [-0.2, 0) is 0 Å². The molecular weight excluding hydrogens is 532 g/mol. The quantitative estimate of drug-likeness (QED) is 0.190. The van der Waals surface area contributed by atoms with Crippen LogP contribution in [-0.4, -0.2) is 9.38 Å². The Morgan fingerprint density at radius 1 is 0.773 bits per heavy atom. The van der Waals surface area contributed by atoms with Crippen LogP contribution in [0.2, 0.25) is 0 Å². The molecule has 212 valence electrons. The van der Waals surface area contributed by atoms with Crippen LogP contribution >= 0.6 is 0 Å². The van der Waals surface area contributed by atoms with E-state index in [2.05, 4.69) is 160 Å². The van der Waals surface area contributed by atoms with Crippen molar-refractivity contribution in [3.63, 3.8) is 0 Å². The van der Waals surface area contributed by atoms with Crippen LogP contribution in [0.5, 0.6) is 0 Å². The number of rotatable bonds is 5. The monoisotopic (exact) mass is 566 g/mol. The molecule has 2 nitrogen and oxygen atoms in total. The number of aryl methyl sites for hydroxylation is 1. The Morgan fingerprint density at radius 2 is 1.36 bits per heavy atom. The highest BCUT2D eigenvalue weighted by atomic mass is 15.0. The third kappa shape index (κ3) is 4.22. The summed E-state index contributed by atoms with van der Waals surface area (Å²) in [7, 11) is 0. The first-order valence-electron chi connectivity index (χ1n) is 15.1. The number of fused-ring (bicyclic) bond motifs is 5. The first-order valence-corrected chi connectivity index (χ1v) is 15.1. The fourth-order valence-electron chi connectivity index (χ4n) is 6.73. The largest absolute Gasteiger partial charge is 0.293 e. The maximum atomic E-state index is 5.50. The van der Waals surface area contributed by atoms with Crippen molar-refractivity contribution in [1.29, 1.82) is 0 Å². The van der Waals surface area contributed by atoms with Crippen molar-refractivity contribution >= 4 is 45.7 Å². The molecule has 0 saturated carbocycles. The zero-order chi connectivity index (χ0) is 30.4. The van der Waals surface area contributed by atoms with E-state index in [1.54, 1.807) is 0 Å². The van der Waals surface area contributed by atoms with E-state index in [1.807, 2.05) is 6.08 Å². The molecule has 7 rings (SSSR count). The van der Waals surface area contributed by atoms with E-state index >= 15 is 0 Å². The minimum Gasteiger partial charge on any atom is -0.293 e. The summed E-state index contributed by atoms with van der Waals surface area (Å²) in [5.41, 5.74) is 13.4. The number of aromatic nitrogens is 2. The molecule has 0 fully saturated rings. The smallest absolute Gasteiger partial charge is 0.146 e. The summed E-state index contributed by atoms with van der Waals surface area (Å²) in [6, 6.07) is 38.7. The van der Waals surface area contributed by atoms with Gasteiger partial charge in [0.15, 0.2) is 0 Å². The Kier molecular flexibility index (Phi) is 6.83. The number of pyridine rings is 1. The van der Waals surface area contributed by atoms with Gasteiger partial charge in [0.1, 0.15) is 5.65 Å². The second-order valence-electron chi connectivity index (χ2n) is 11.3. The summed E-state index contributed by atoms with van der Waals surface area (Å²) in [5, 5.41) is 4.49. The molecule has 44 heavy (non-hydrogen) atoms. The molecule has 0 radical (unpaired) electrons. The lowest BCUT2D eigenvalue weighted by molar-refractivity contribution is 1.15. The van der Waals surface area contributed by atoms with Gasteiger partial charge in [-0.25, -0.2) is 4.98 Å². The molecule has 0 amide bonds. The van der Waals surface area contributed by atoms with Crippen molar-refractivity contribution in [2.45, 2.75) is 20.8 Å². The number of benzene rings is 5. The van der Waals surface area contributed by atoms with Crippen molar-refractivity contribution in [2.24, 2.45) is 0 Å². The Hall–Kier alpha value is -5.47. The number of imidazole rings is 1. The van der Waals surface area contributed by atoms with Crippen LogP contribution in [0.1, 0.15) is 25.0 Å². The summed E-state index contributed by atoms with van der Waals surface area (Å²) in [5.74, 6) is 0. The molecule has 0 bridgehead atoms. The van der Waals surface area contributed by atoms with Crippen LogP contribution in [0, 0.1) is 6.92 Å². The highest BCUT2D eigenvalue weighted by molar-refractivity contribution is 6.10. The minimum atomic E-state index is 0.923.